The van der Waals surface area contributed by atoms with Crippen LogP contribution in [0.5, 0.6) is 6.01 Å². The molecule has 1 saturated heterocycles. The van der Waals surface area contributed by atoms with Gasteiger partial charge in [0.05, 0.1) is 20.9 Å². The first-order valence-corrected chi connectivity index (χ1v) is 10.1. The second-order valence-corrected chi connectivity index (χ2v) is 8.77. The average molecular weight is 451 g/mol. The molecule has 1 aliphatic heterocycles. The Morgan fingerprint density at radius 1 is 1.32 bits per heavy atom. The van der Waals surface area contributed by atoms with Crippen LogP contribution < -0.4 is 4.74 Å². The summed E-state index contributed by atoms with van der Waals surface area (Å²) < 4.78 is 46.5. The molecule has 0 radical (unpaired) electrons. The smallest absolute Gasteiger partial charge is 0.316 e. The Bertz CT molecular complexity index is 867. The van der Waals surface area contributed by atoms with Crippen LogP contribution in [-0.2, 0) is 10.0 Å². The summed E-state index contributed by atoms with van der Waals surface area (Å²) in [6.45, 7) is 0.523. The Balaban J connectivity index is 1.75. The fraction of sp³-hybridized carbons (Fsp3) is 0.333. The van der Waals surface area contributed by atoms with Crippen molar-refractivity contribution in [1.29, 1.82) is 0 Å². The topological polar surface area (TPSA) is 72.4 Å². The number of halogens is 3. The molecule has 6 nitrogen and oxygen atoms in total. The van der Waals surface area contributed by atoms with Crippen LogP contribution in [0, 0.1) is 5.82 Å². The van der Waals surface area contributed by atoms with Crippen LogP contribution in [0.4, 0.5) is 4.39 Å². The molecule has 2 aromatic rings. The van der Waals surface area contributed by atoms with Crippen LogP contribution in [0.2, 0.25) is 5.02 Å². The Morgan fingerprint density at radius 2 is 2.04 bits per heavy atom. The fourth-order valence-electron chi connectivity index (χ4n) is 2.52. The van der Waals surface area contributed by atoms with Crippen molar-refractivity contribution in [3.63, 3.8) is 0 Å². The third kappa shape index (κ3) is 4.28. The van der Waals surface area contributed by atoms with Crippen molar-refractivity contribution in [2.75, 3.05) is 13.1 Å². The van der Waals surface area contributed by atoms with Gasteiger partial charge in [0, 0.05) is 18.9 Å². The zero-order valence-corrected chi connectivity index (χ0v) is 16.1. The maximum Gasteiger partial charge on any atom is 0.316 e. The number of benzene rings is 1. The first-order chi connectivity index (χ1) is 11.9. The SMILES string of the molecule is O=S(=O)(c1ccc(F)c(Cl)c1)N1CCCC(Oc2ncc(Br)cn2)C1. The predicted octanol–water partition coefficient (Wildman–Crippen LogP) is 3.26. The number of nitrogens with zero attached hydrogens (tertiary/aromatic N) is 3. The Labute approximate surface area is 158 Å². The van der Waals surface area contributed by atoms with Crippen LogP contribution >= 0.6 is 27.5 Å². The monoisotopic (exact) mass is 449 g/mol. The molecule has 0 aliphatic carbocycles. The minimum absolute atomic E-state index is 0.0422. The van der Waals surface area contributed by atoms with Gasteiger partial charge in [-0.2, -0.15) is 4.31 Å². The van der Waals surface area contributed by atoms with Gasteiger partial charge in [-0.1, -0.05) is 11.6 Å². The highest BCUT2D eigenvalue weighted by molar-refractivity contribution is 9.10. The molecular weight excluding hydrogens is 437 g/mol. The highest BCUT2D eigenvalue weighted by atomic mass is 79.9. The van der Waals surface area contributed by atoms with E-state index in [2.05, 4.69) is 25.9 Å². The zero-order chi connectivity index (χ0) is 18.0. The summed E-state index contributed by atoms with van der Waals surface area (Å²) in [5.41, 5.74) is 0. The molecule has 1 aromatic heterocycles. The Kier molecular flexibility index (Phi) is 5.57. The molecule has 1 unspecified atom stereocenters. The van der Waals surface area contributed by atoms with Gasteiger partial charge < -0.3 is 4.74 Å². The number of ether oxygens (including phenoxy) is 1. The van der Waals surface area contributed by atoms with E-state index in [0.29, 0.717) is 19.4 Å². The summed E-state index contributed by atoms with van der Waals surface area (Å²) in [7, 11) is -3.78. The van der Waals surface area contributed by atoms with E-state index in [1.165, 1.54) is 10.4 Å². The van der Waals surface area contributed by atoms with Crippen molar-refractivity contribution >= 4 is 37.6 Å². The molecule has 134 valence electrons. The first-order valence-electron chi connectivity index (χ1n) is 7.45. The van der Waals surface area contributed by atoms with E-state index in [1.54, 1.807) is 12.4 Å². The van der Waals surface area contributed by atoms with Gasteiger partial charge in [0.1, 0.15) is 11.9 Å². The molecule has 10 heteroatoms. The molecule has 0 N–H and O–H groups in total. The Morgan fingerprint density at radius 3 is 2.72 bits per heavy atom. The summed E-state index contributed by atoms with van der Waals surface area (Å²) in [4.78, 5) is 8.02. The zero-order valence-electron chi connectivity index (χ0n) is 12.9. The normalized spacial score (nSPS) is 18.9. The summed E-state index contributed by atoms with van der Waals surface area (Å²) in [6.07, 6.45) is 4.08. The van der Waals surface area contributed by atoms with Gasteiger partial charge in [-0.05, 0) is 47.0 Å². The standard InChI is InChI=1S/C15H14BrClFN3O3S/c16-10-7-19-15(20-8-10)24-11-2-1-5-21(9-11)25(22,23)12-3-4-14(18)13(17)6-12/h3-4,6-8,11H,1-2,5,9H2. The van der Waals surface area contributed by atoms with E-state index < -0.39 is 15.8 Å². The van der Waals surface area contributed by atoms with E-state index >= 15 is 0 Å². The molecule has 3 rings (SSSR count). The molecule has 0 bridgehead atoms. The third-order valence-corrected chi connectivity index (χ3v) is 6.30. The van der Waals surface area contributed by atoms with Crippen LogP contribution in [0.25, 0.3) is 0 Å². The molecule has 0 amide bonds. The lowest BCUT2D eigenvalue weighted by molar-refractivity contribution is 0.119. The molecule has 1 aromatic carbocycles. The lowest BCUT2D eigenvalue weighted by Gasteiger charge is -2.31. The fourth-order valence-corrected chi connectivity index (χ4v) is 4.50. The number of hydrogen-bond acceptors (Lipinski definition) is 5. The van der Waals surface area contributed by atoms with E-state index in [1.807, 2.05) is 0 Å². The molecular formula is C15H14BrClFN3O3S. The van der Waals surface area contributed by atoms with Crippen LogP contribution in [0.15, 0.2) is 40.0 Å². The lowest BCUT2D eigenvalue weighted by Crippen LogP contribution is -2.44. The lowest BCUT2D eigenvalue weighted by atomic mass is 10.1. The van der Waals surface area contributed by atoms with E-state index in [-0.39, 0.29) is 28.6 Å². The van der Waals surface area contributed by atoms with E-state index in [9.17, 15) is 12.8 Å². The molecule has 0 saturated carbocycles. The number of rotatable bonds is 4. The summed E-state index contributed by atoms with van der Waals surface area (Å²) in [6, 6.07) is 3.56. The maximum atomic E-state index is 13.3. The van der Waals surface area contributed by atoms with Crippen molar-refractivity contribution < 1.29 is 17.5 Å². The van der Waals surface area contributed by atoms with Gasteiger partial charge in [-0.3, -0.25) is 0 Å². The maximum absolute atomic E-state index is 13.3. The van der Waals surface area contributed by atoms with Gasteiger partial charge in [-0.15, -0.1) is 0 Å². The molecule has 1 fully saturated rings. The minimum Gasteiger partial charge on any atom is -0.459 e. The molecule has 1 aliphatic rings. The average Bonchev–Trinajstić information content (AvgIpc) is 2.59. The van der Waals surface area contributed by atoms with Crippen LogP contribution in [0.1, 0.15) is 12.8 Å². The number of sulfonamides is 1. The quantitative estimate of drug-likeness (QED) is 0.715. The second kappa shape index (κ2) is 7.53. The van der Waals surface area contributed by atoms with Crippen molar-refractivity contribution in [2.45, 2.75) is 23.8 Å². The van der Waals surface area contributed by atoms with E-state index in [4.69, 9.17) is 16.3 Å². The van der Waals surface area contributed by atoms with E-state index in [0.717, 1.165) is 16.6 Å². The van der Waals surface area contributed by atoms with Crippen molar-refractivity contribution in [2.24, 2.45) is 0 Å². The van der Waals surface area contributed by atoms with Gasteiger partial charge in [0.25, 0.3) is 0 Å². The van der Waals surface area contributed by atoms with Crippen molar-refractivity contribution in [3.05, 3.63) is 45.9 Å². The van der Waals surface area contributed by atoms with Gasteiger partial charge >= 0.3 is 6.01 Å². The predicted molar refractivity (Wildman–Crippen MR) is 93.6 cm³/mol. The third-order valence-electron chi connectivity index (χ3n) is 3.74. The number of piperidine rings is 1. The van der Waals surface area contributed by atoms with Gasteiger partial charge in [0.15, 0.2) is 0 Å². The molecule has 0 spiro atoms. The largest absolute Gasteiger partial charge is 0.459 e. The number of hydrogen-bond donors (Lipinski definition) is 0. The summed E-state index contributed by atoms with van der Waals surface area (Å²) in [5.74, 6) is -0.659. The second-order valence-electron chi connectivity index (χ2n) is 5.50. The number of aromatic nitrogens is 2. The summed E-state index contributed by atoms with van der Waals surface area (Å²) in [5, 5.41) is -0.228. The summed E-state index contributed by atoms with van der Waals surface area (Å²) >= 11 is 8.94. The minimum atomic E-state index is -3.78. The van der Waals surface area contributed by atoms with Gasteiger partial charge in [-0.25, -0.2) is 22.8 Å². The van der Waals surface area contributed by atoms with Crippen molar-refractivity contribution in [1.82, 2.24) is 14.3 Å². The Hall–Kier alpha value is -1.29. The van der Waals surface area contributed by atoms with Crippen molar-refractivity contribution in [3.8, 4) is 6.01 Å². The first kappa shape index (κ1) is 18.5. The van der Waals surface area contributed by atoms with Crippen LogP contribution in [0.3, 0.4) is 0 Å². The van der Waals surface area contributed by atoms with Crippen LogP contribution in [-0.4, -0.2) is 41.9 Å². The highest BCUT2D eigenvalue weighted by Crippen LogP contribution is 2.25. The molecule has 25 heavy (non-hydrogen) atoms. The highest BCUT2D eigenvalue weighted by Gasteiger charge is 2.32. The molecule has 1 atom stereocenters. The van der Waals surface area contributed by atoms with Gasteiger partial charge in [0.2, 0.25) is 10.0 Å². The molecule has 2 heterocycles.